The van der Waals surface area contributed by atoms with Gasteiger partial charge in [-0.15, -0.1) is 0 Å². The van der Waals surface area contributed by atoms with Crippen LogP contribution in [0.3, 0.4) is 0 Å². The maximum atomic E-state index is 12.5. The summed E-state index contributed by atoms with van der Waals surface area (Å²) in [6.45, 7) is 0. The van der Waals surface area contributed by atoms with Crippen LogP contribution >= 0.6 is 11.8 Å². The number of hydrogen-bond donors (Lipinski definition) is 1. The molecule has 0 atom stereocenters. The summed E-state index contributed by atoms with van der Waals surface area (Å²) >= 11 is 1.48. The predicted molar refractivity (Wildman–Crippen MR) is 102 cm³/mol. The van der Waals surface area contributed by atoms with Crippen molar-refractivity contribution in [2.45, 2.75) is 9.79 Å². The fraction of sp³-hybridized carbons (Fsp3) is 0.0556. The fourth-order valence-electron chi connectivity index (χ4n) is 2.27. The highest BCUT2D eigenvalue weighted by Gasteiger charge is 2.15. The zero-order valence-corrected chi connectivity index (χ0v) is 15.1. The molecule has 0 radical (unpaired) electrons. The van der Waals surface area contributed by atoms with Crippen molar-refractivity contribution in [3.8, 4) is 0 Å². The summed E-state index contributed by atoms with van der Waals surface area (Å²) in [5.41, 5.74) is 2.91. The Balaban J connectivity index is 1.72. The number of amides is 1. The molecule has 0 saturated carbocycles. The quantitative estimate of drug-likeness (QED) is 0.401. The molecule has 3 rings (SSSR count). The molecule has 0 aliphatic carbocycles. The van der Waals surface area contributed by atoms with Gasteiger partial charge in [0.1, 0.15) is 12.4 Å². The van der Waals surface area contributed by atoms with Crippen molar-refractivity contribution in [2.75, 3.05) is 0 Å². The summed E-state index contributed by atoms with van der Waals surface area (Å²) in [7, 11) is 1.50. The average Bonchev–Trinajstić information content (AvgIpc) is 3.04. The van der Waals surface area contributed by atoms with Crippen molar-refractivity contribution >= 4 is 29.7 Å². The molecule has 136 valence electrons. The molecule has 0 aliphatic rings. The first-order valence-corrected chi connectivity index (χ1v) is 8.69. The van der Waals surface area contributed by atoms with E-state index < -0.39 is 4.92 Å². The van der Waals surface area contributed by atoms with Gasteiger partial charge in [0, 0.05) is 9.79 Å². The predicted octanol–water partition coefficient (Wildman–Crippen LogP) is 3.24. The number of aromatic nitrogens is 2. The number of hydrazone groups is 1. The monoisotopic (exact) mass is 381 g/mol. The number of benzene rings is 2. The van der Waals surface area contributed by atoms with Gasteiger partial charge in [0.25, 0.3) is 5.91 Å². The van der Waals surface area contributed by atoms with Crippen LogP contribution in [0.15, 0.2) is 75.7 Å². The summed E-state index contributed by atoms with van der Waals surface area (Å²) in [5, 5.41) is 14.7. The van der Waals surface area contributed by atoms with Crippen LogP contribution in [0.4, 0.5) is 5.82 Å². The van der Waals surface area contributed by atoms with Crippen molar-refractivity contribution in [1.29, 1.82) is 0 Å². The van der Waals surface area contributed by atoms with E-state index in [1.807, 2.05) is 42.5 Å². The Morgan fingerprint density at radius 1 is 1.22 bits per heavy atom. The second kappa shape index (κ2) is 8.28. The van der Waals surface area contributed by atoms with Gasteiger partial charge >= 0.3 is 5.82 Å². The maximum Gasteiger partial charge on any atom is 0.342 e. The van der Waals surface area contributed by atoms with Gasteiger partial charge in [0.15, 0.2) is 0 Å². The Morgan fingerprint density at radius 3 is 2.63 bits per heavy atom. The molecular formula is C18H15N5O3S. The van der Waals surface area contributed by atoms with Gasteiger partial charge in [0.2, 0.25) is 5.82 Å². The Labute approximate surface area is 159 Å². The van der Waals surface area contributed by atoms with E-state index in [1.54, 1.807) is 12.1 Å². The first kappa shape index (κ1) is 18.3. The van der Waals surface area contributed by atoms with E-state index in [9.17, 15) is 14.9 Å². The van der Waals surface area contributed by atoms with Gasteiger partial charge in [0.05, 0.1) is 12.6 Å². The first-order chi connectivity index (χ1) is 13.1. The summed E-state index contributed by atoms with van der Waals surface area (Å²) < 4.78 is 1.27. The van der Waals surface area contributed by atoms with Crippen LogP contribution in [0, 0.1) is 10.1 Å². The lowest BCUT2D eigenvalue weighted by atomic mass is 10.2. The van der Waals surface area contributed by atoms with Crippen LogP contribution < -0.4 is 5.43 Å². The molecule has 0 spiro atoms. The van der Waals surface area contributed by atoms with Crippen LogP contribution in [0.1, 0.15) is 16.2 Å². The second-order valence-electron chi connectivity index (χ2n) is 5.40. The Kier molecular flexibility index (Phi) is 5.62. The lowest BCUT2D eigenvalue weighted by Gasteiger charge is -2.07. The maximum absolute atomic E-state index is 12.5. The molecule has 0 aliphatic heterocycles. The third-order valence-electron chi connectivity index (χ3n) is 3.64. The first-order valence-electron chi connectivity index (χ1n) is 7.87. The van der Waals surface area contributed by atoms with Gasteiger partial charge in [-0.1, -0.05) is 42.1 Å². The number of nitrogens with zero attached hydrogens (tertiary/aromatic N) is 4. The van der Waals surface area contributed by atoms with Crippen LogP contribution in [0.25, 0.3) is 0 Å². The molecule has 1 N–H and O–H groups in total. The minimum absolute atomic E-state index is 0.160. The second-order valence-corrected chi connectivity index (χ2v) is 6.52. The highest BCUT2D eigenvalue weighted by atomic mass is 32.2. The molecule has 0 bridgehead atoms. The molecule has 1 aromatic heterocycles. The number of rotatable bonds is 6. The van der Waals surface area contributed by atoms with Gasteiger partial charge in [-0.25, -0.2) is 15.0 Å². The van der Waals surface area contributed by atoms with Crippen molar-refractivity contribution in [2.24, 2.45) is 12.1 Å². The molecule has 3 aromatic rings. The van der Waals surface area contributed by atoms with Crippen molar-refractivity contribution in [1.82, 2.24) is 15.0 Å². The van der Waals surface area contributed by atoms with Gasteiger partial charge in [-0.3, -0.25) is 4.79 Å². The molecule has 27 heavy (non-hydrogen) atoms. The molecule has 1 heterocycles. The normalized spacial score (nSPS) is 10.9. The summed E-state index contributed by atoms with van der Waals surface area (Å²) in [4.78, 5) is 28.5. The number of imidazole rings is 1. The Morgan fingerprint density at radius 2 is 1.93 bits per heavy atom. The SMILES string of the molecule is Cn1c([N+](=O)[O-])cnc1C=NNC(=O)c1ccccc1Sc1ccccc1. The Bertz CT molecular complexity index is 1000. The van der Waals surface area contributed by atoms with E-state index >= 15 is 0 Å². The van der Waals surface area contributed by atoms with E-state index in [0.717, 1.165) is 16.0 Å². The smallest absolute Gasteiger partial charge is 0.342 e. The zero-order valence-electron chi connectivity index (χ0n) is 14.3. The molecular weight excluding hydrogens is 366 g/mol. The largest absolute Gasteiger partial charge is 0.358 e. The molecule has 8 nitrogen and oxygen atoms in total. The van der Waals surface area contributed by atoms with Crippen LogP contribution in [-0.2, 0) is 7.05 Å². The van der Waals surface area contributed by atoms with E-state index in [4.69, 9.17) is 0 Å². The lowest BCUT2D eigenvalue weighted by Crippen LogP contribution is -2.18. The molecule has 0 saturated heterocycles. The summed E-state index contributed by atoms with van der Waals surface area (Å²) in [6, 6.07) is 16.9. The molecule has 2 aromatic carbocycles. The molecule has 0 fully saturated rings. The average molecular weight is 381 g/mol. The molecule has 9 heteroatoms. The lowest BCUT2D eigenvalue weighted by molar-refractivity contribution is -0.391. The Hall–Kier alpha value is -3.46. The van der Waals surface area contributed by atoms with E-state index in [-0.39, 0.29) is 17.5 Å². The van der Waals surface area contributed by atoms with Gasteiger partial charge in [-0.05, 0) is 29.2 Å². The van der Waals surface area contributed by atoms with Gasteiger partial charge < -0.3 is 10.1 Å². The summed E-state index contributed by atoms with van der Waals surface area (Å²) in [6.07, 6.45) is 2.40. The number of carbonyl (C=O) groups excluding carboxylic acids is 1. The van der Waals surface area contributed by atoms with E-state index in [0.29, 0.717) is 5.56 Å². The van der Waals surface area contributed by atoms with E-state index in [2.05, 4.69) is 15.5 Å². The van der Waals surface area contributed by atoms with Crippen molar-refractivity contribution in [3.05, 3.63) is 82.3 Å². The molecule has 0 unspecified atom stereocenters. The molecule has 1 amide bonds. The number of hydrogen-bond acceptors (Lipinski definition) is 6. The van der Waals surface area contributed by atoms with E-state index in [1.165, 1.54) is 29.6 Å². The highest BCUT2D eigenvalue weighted by molar-refractivity contribution is 7.99. The third kappa shape index (κ3) is 4.39. The zero-order chi connectivity index (χ0) is 19.2. The minimum Gasteiger partial charge on any atom is -0.358 e. The van der Waals surface area contributed by atoms with Crippen LogP contribution in [-0.4, -0.2) is 26.6 Å². The highest BCUT2D eigenvalue weighted by Crippen LogP contribution is 2.30. The van der Waals surface area contributed by atoms with Gasteiger partial charge in [-0.2, -0.15) is 5.10 Å². The number of nitro groups is 1. The number of carbonyl (C=O) groups is 1. The summed E-state index contributed by atoms with van der Waals surface area (Å²) in [5.74, 6) is -0.282. The van der Waals surface area contributed by atoms with Crippen molar-refractivity contribution in [3.63, 3.8) is 0 Å². The topological polar surface area (TPSA) is 102 Å². The minimum atomic E-state index is -0.542. The van der Waals surface area contributed by atoms with Crippen molar-refractivity contribution < 1.29 is 9.72 Å². The third-order valence-corrected chi connectivity index (χ3v) is 4.72. The fourth-order valence-corrected chi connectivity index (χ4v) is 3.24. The van der Waals surface area contributed by atoms with Crippen LogP contribution in [0.5, 0.6) is 0 Å². The standard InChI is InChI=1S/C18H15N5O3S/c1-22-16(19-12-17(22)23(25)26)11-20-21-18(24)14-9-5-6-10-15(14)27-13-7-3-2-4-8-13/h2-12H,1H3,(H,21,24). The number of nitrogens with one attached hydrogen (secondary N) is 1. The van der Waals surface area contributed by atoms with Crippen LogP contribution in [0.2, 0.25) is 0 Å².